The first-order valence-corrected chi connectivity index (χ1v) is 10.3. The second kappa shape index (κ2) is 8.79. The fourth-order valence-electron chi connectivity index (χ4n) is 4.24. The molecule has 1 aromatic heterocycles. The van der Waals surface area contributed by atoms with Crippen molar-refractivity contribution in [1.29, 1.82) is 0 Å². The molecule has 30 heavy (non-hydrogen) atoms. The second-order valence-electron chi connectivity index (χ2n) is 7.63. The first-order valence-electron chi connectivity index (χ1n) is 10.3. The molecular weight excluding hydrogens is 380 g/mol. The van der Waals surface area contributed by atoms with Crippen molar-refractivity contribution < 1.29 is 18.7 Å². The predicted octanol–water partition coefficient (Wildman–Crippen LogP) is 4.33. The standard InChI is InChI=1S/C24H28N2O4/c1-16-19-14-17(28-2)10-11-22(19)30-23(16)24(27)25-15-20(26-12-6-7-13-26)18-8-4-5-9-21(18)29-3/h4-5,8-11,14,20H,6-7,12-13,15H2,1-3H3,(H,25,27). The van der Waals surface area contributed by atoms with Crippen LogP contribution >= 0.6 is 0 Å². The van der Waals surface area contributed by atoms with Crippen molar-refractivity contribution in [3.8, 4) is 11.5 Å². The quantitative estimate of drug-likeness (QED) is 0.631. The van der Waals surface area contributed by atoms with Gasteiger partial charge < -0.3 is 19.2 Å². The van der Waals surface area contributed by atoms with Gasteiger partial charge in [0.2, 0.25) is 0 Å². The first kappa shape index (κ1) is 20.3. The average Bonchev–Trinajstić information content (AvgIpc) is 3.42. The first-order chi connectivity index (χ1) is 14.6. The number of carbonyl (C=O) groups excluding carboxylic acids is 1. The predicted molar refractivity (Wildman–Crippen MR) is 116 cm³/mol. The van der Waals surface area contributed by atoms with Gasteiger partial charge in [0.1, 0.15) is 17.1 Å². The van der Waals surface area contributed by atoms with Gasteiger partial charge in [0.25, 0.3) is 5.91 Å². The average molecular weight is 408 g/mol. The summed E-state index contributed by atoms with van der Waals surface area (Å²) >= 11 is 0. The lowest BCUT2D eigenvalue weighted by atomic mass is 10.0. The van der Waals surface area contributed by atoms with Crippen molar-refractivity contribution in [3.63, 3.8) is 0 Å². The van der Waals surface area contributed by atoms with Crippen molar-refractivity contribution in [2.45, 2.75) is 25.8 Å². The van der Waals surface area contributed by atoms with Crippen LogP contribution in [0.3, 0.4) is 0 Å². The summed E-state index contributed by atoms with van der Waals surface area (Å²) < 4.78 is 16.7. The fraction of sp³-hybridized carbons (Fsp3) is 0.375. The topological polar surface area (TPSA) is 63.9 Å². The van der Waals surface area contributed by atoms with E-state index in [1.807, 2.05) is 43.3 Å². The van der Waals surface area contributed by atoms with E-state index in [9.17, 15) is 4.79 Å². The van der Waals surface area contributed by atoms with Gasteiger partial charge in [-0.2, -0.15) is 0 Å². The number of methoxy groups -OCH3 is 2. The summed E-state index contributed by atoms with van der Waals surface area (Å²) in [4.78, 5) is 15.4. The highest BCUT2D eigenvalue weighted by atomic mass is 16.5. The number of benzene rings is 2. The molecule has 0 aliphatic carbocycles. The van der Waals surface area contributed by atoms with Gasteiger partial charge in [-0.05, 0) is 57.1 Å². The Balaban J connectivity index is 1.57. The van der Waals surface area contributed by atoms with Crippen LogP contribution in [0.4, 0.5) is 0 Å². The van der Waals surface area contributed by atoms with Gasteiger partial charge in [0.05, 0.1) is 20.3 Å². The van der Waals surface area contributed by atoms with E-state index >= 15 is 0 Å². The van der Waals surface area contributed by atoms with Gasteiger partial charge >= 0.3 is 0 Å². The maximum atomic E-state index is 13.0. The summed E-state index contributed by atoms with van der Waals surface area (Å²) in [6.45, 7) is 4.42. The zero-order valence-electron chi connectivity index (χ0n) is 17.7. The molecule has 0 spiro atoms. The van der Waals surface area contributed by atoms with Crippen LogP contribution in [0, 0.1) is 6.92 Å². The number of fused-ring (bicyclic) bond motifs is 1. The van der Waals surface area contributed by atoms with Crippen molar-refractivity contribution in [2.24, 2.45) is 0 Å². The van der Waals surface area contributed by atoms with Gasteiger partial charge in [0, 0.05) is 23.1 Å². The molecule has 1 fully saturated rings. The van der Waals surface area contributed by atoms with Crippen LogP contribution < -0.4 is 14.8 Å². The summed E-state index contributed by atoms with van der Waals surface area (Å²) in [6, 6.07) is 13.6. The molecule has 0 saturated carbocycles. The summed E-state index contributed by atoms with van der Waals surface area (Å²) in [6.07, 6.45) is 2.34. The minimum atomic E-state index is -0.207. The van der Waals surface area contributed by atoms with Crippen molar-refractivity contribution in [1.82, 2.24) is 10.2 Å². The number of furan rings is 1. The SMILES string of the molecule is COc1ccc2oc(C(=O)NCC(c3ccccc3OC)N3CCCC3)c(C)c2c1. The van der Waals surface area contributed by atoms with Crippen LogP contribution in [0.15, 0.2) is 46.9 Å². The number of rotatable bonds is 7. The molecule has 0 bridgehead atoms. The van der Waals surface area contributed by atoms with Gasteiger partial charge in [-0.3, -0.25) is 9.69 Å². The molecule has 1 unspecified atom stereocenters. The molecule has 2 heterocycles. The minimum absolute atomic E-state index is 0.0531. The smallest absolute Gasteiger partial charge is 0.287 e. The van der Waals surface area contributed by atoms with Crippen molar-refractivity contribution >= 4 is 16.9 Å². The monoisotopic (exact) mass is 408 g/mol. The number of nitrogens with one attached hydrogen (secondary N) is 1. The molecule has 6 nitrogen and oxygen atoms in total. The van der Waals surface area contributed by atoms with Crippen LogP contribution in [-0.4, -0.2) is 44.7 Å². The van der Waals surface area contributed by atoms with E-state index < -0.39 is 0 Å². The highest BCUT2D eigenvalue weighted by Gasteiger charge is 2.27. The molecule has 4 rings (SSSR count). The minimum Gasteiger partial charge on any atom is -0.497 e. The van der Waals surface area contributed by atoms with E-state index in [0.29, 0.717) is 17.9 Å². The molecule has 1 N–H and O–H groups in total. The summed E-state index contributed by atoms with van der Waals surface area (Å²) in [5.41, 5.74) is 2.59. The van der Waals surface area contributed by atoms with E-state index in [1.54, 1.807) is 14.2 Å². The molecule has 3 aromatic rings. The molecule has 1 amide bonds. The molecule has 1 aliphatic heterocycles. The largest absolute Gasteiger partial charge is 0.497 e. The lowest BCUT2D eigenvalue weighted by Gasteiger charge is -2.29. The third-order valence-corrected chi connectivity index (χ3v) is 5.88. The van der Waals surface area contributed by atoms with Gasteiger partial charge in [0.15, 0.2) is 5.76 Å². The van der Waals surface area contributed by atoms with Gasteiger partial charge in [-0.1, -0.05) is 18.2 Å². The molecule has 2 aromatic carbocycles. The van der Waals surface area contributed by atoms with Crippen molar-refractivity contribution in [3.05, 3.63) is 59.4 Å². The van der Waals surface area contributed by atoms with E-state index in [2.05, 4.69) is 16.3 Å². The lowest BCUT2D eigenvalue weighted by Crippen LogP contribution is -2.37. The Morgan fingerprint density at radius 2 is 1.90 bits per heavy atom. The maximum Gasteiger partial charge on any atom is 0.287 e. The summed E-state index contributed by atoms with van der Waals surface area (Å²) in [7, 11) is 3.31. The molecule has 1 aliphatic rings. The van der Waals surface area contributed by atoms with E-state index in [4.69, 9.17) is 13.9 Å². The second-order valence-corrected chi connectivity index (χ2v) is 7.63. The summed E-state index contributed by atoms with van der Waals surface area (Å²) in [5, 5.41) is 3.98. The van der Waals surface area contributed by atoms with Crippen LogP contribution in [-0.2, 0) is 0 Å². The number of hydrogen-bond donors (Lipinski definition) is 1. The normalized spacial score (nSPS) is 15.3. The Kier molecular flexibility index (Phi) is 5.95. The molecular formula is C24H28N2O4. The van der Waals surface area contributed by atoms with Crippen LogP contribution in [0.25, 0.3) is 11.0 Å². The number of amides is 1. The third kappa shape index (κ3) is 3.87. The van der Waals surface area contributed by atoms with Gasteiger partial charge in [-0.25, -0.2) is 0 Å². The number of nitrogens with zero attached hydrogens (tertiary/aromatic N) is 1. The molecule has 6 heteroatoms. The number of aryl methyl sites for hydroxylation is 1. The van der Waals surface area contributed by atoms with E-state index in [1.165, 1.54) is 12.8 Å². The van der Waals surface area contributed by atoms with Crippen LogP contribution in [0.2, 0.25) is 0 Å². The molecule has 1 saturated heterocycles. The molecule has 1 atom stereocenters. The van der Waals surface area contributed by atoms with Crippen molar-refractivity contribution in [2.75, 3.05) is 33.9 Å². The van der Waals surface area contributed by atoms with E-state index in [0.717, 1.165) is 41.1 Å². The Morgan fingerprint density at radius 3 is 2.63 bits per heavy atom. The zero-order chi connectivity index (χ0) is 21.1. The summed E-state index contributed by atoms with van der Waals surface area (Å²) in [5.74, 6) is 1.72. The number of hydrogen-bond acceptors (Lipinski definition) is 5. The Labute approximate surface area is 176 Å². The van der Waals surface area contributed by atoms with E-state index in [-0.39, 0.29) is 11.9 Å². The number of para-hydroxylation sites is 1. The third-order valence-electron chi connectivity index (χ3n) is 5.88. The Hall–Kier alpha value is -2.99. The Bertz CT molecular complexity index is 1040. The van der Waals surface area contributed by atoms with Gasteiger partial charge in [-0.15, -0.1) is 0 Å². The zero-order valence-corrected chi connectivity index (χ0v) is 17.7. The molecule has 158 valence electrons. The highest BCUT2D eigenvalue weighted by Crippen LogP contribution is 2.32. The lowest BCUT2D eigenvalue weighted by molar-refractivity contribution is 0.0911. The van der Waals surface area contributed by atoms with Crippen LogP contribution in [0.5, 0.6) is 11.5 Å². The highest BCUT2D eigenvalue weighted by molar-refractivity contribution is 5.99. The fourth-order valence-corrected chi connectivity index (χ4v) is 4.24. The number of ether oxygens (including phenoxy) is 2. The van der Waals surface area contributed by atoms with Crippen LogP contribution in [0.1, 0.15) is 40.6 Å². The number of carbonyl (C=O) groups is 1. The Morgan fingerprint density at radius 1 is 1.13 bits per heavy atom. The maximum absolute atomic E-state index is 13.0. The number of likely N-dealkylation sites (tertiary alicyclic amines) is 1. The molecule has 0 radical (unpaired) electrons.